The lowest BCUT2D eigenvalue weighted by Crippen LogP contribution is -3.13. The molecule has 1 fully saturated rings. The molecule has 7 heteroatoms. The van der Waals surface area contributed by atoms with Crippen molar-refractivity contribution in [3.8, 4) is 5.69 Å². The molecule has 0 unspecified atom stereocenters. The first kappa shape index (κ1) is 15.8. The van der Waals surface area contributed by atoms with Crippen LogP contribution < -0.4 is 10.2 Å². The third-order valence-corrected chi connectivity index (χ3v) is 4.81. The van der Waals surface area contributed by atoms with Crippen molar-refractivity contribution >= 4 is 5.95 Å². The molecule has 0 saturated carbocycles. The molecule has 1 saturated heterocycles. The summed E-state index contributed by atoms with van der Waals surface area (Å²) in [5.41, 5.74) is 0.940. The fourth-order valence-electron chi connectivity index (χ4n) is 3.52. The van der Waals surface area contributed by atoms with E-state index in [-0.39, 0.29) is 6.04 Å². The lowest BCUT2D eigenvalue weighted by Gasteiger charge is -2.30. The molecule has 7 nitrogen and oxygen atoms in total. The number of hydrogen-bond acceptors (Lipinski definition) is 5. The van der Waals surface area contributed by atoms with Gasteiger partial charge in [-0.2, -0.15) is 4.68 Å². The van der Waals surface area contributed by atoms with Crippen LogP contribution in [0.3, 0.4) is 0 Å². The van der Waals surface area contributed by atoms with Crippen LogP contribution in [0.2, 0.25) is 0 Å². The minimum atomic E-state index is 0.260. The molecule has 1 aliphatic rings. The number of nitrogens with one attached hydrogen (secondary N) is 2. The number of quaternary nitrogens is 1. The number of hydrogen-bond donors (Lipinski definition) is 2. The number of likely N-dealkylation sites (tertiary alicyclic amines) is 1. The van der Waals surface area contributed by atoms with E-state index in [0.717, 1.165) is 18.0 Å². The number of aromatic nitrogens is 4. The molecule has 0 aliphatic carbocycles. The van der Waals surface area contributed by atoms with Gasteiger partial charge >= 0.3 is 0 Å². The molecular weight excluding hydrogens is 316 g/mol. The Labute approximate surface area is 146 Å². The fourth-order valence-corrected chi connectivity index (χ4v) is 3.52. The Kier molecular flexibility index (Phi) is 4.74. The van der Waals surface area contributed by atoms with Gasteiger partial charge in [-0.25, -0.2) is 0 Å². The molecule has 4 rings (SSSR count). The molecule has 2 aromatic heterocycles. The minimum Gasteiger partial charge on any atom is -0.463 e. The molecule has 0 spiro atoms. The summed E-state index contributed by atoms with van der Waals surface area (Å²) in [5, 5.41) is 15.5. The summed E-state index contributed by atoms with van der Waals surface area (Å²) < 4.78 is 7.44. The molecule has 0 amide bonds. The van der Waals surface area contributed by atoms with E-state index < -0.39 is 0 Å². The Bertz CT molecular complexity index is 764. The second-order valence-corrected chi connectivity index (χ2v) is 6.42. The van der Waals surface area contributed by atoms with Gasteiger partial charge in [0.25, 0.3) is 0 Å². The number of para-hydroxylation sites is 1. The molecule has 3 aromatic rings. The van der Waals surface area contributed by atoms with Gasteiger partial charge in [0.05, 0.1) is 31.6 Å². The summed E-state index contributed by atoms with van der Waals surface area (Å²) in [6, 6.07) is 14.2. The monoisotopic (exact) mass is 339 g/mol. The summed E-state index contributed by atoms with van der Waals surface area (Å²) in [7, 11) is 0. The lowest BCUT2D eigenvalue weighted by atomic mass is 10.1. The first-order valence-corrected chi connectivity index (χ1v) is 8.87. The van der Waals surface area contributed by atoms with Crippen molar-refractivity contribution in [3.63, 3.8) is 0 Å². The van der Waals surface area contributed by atoms with Crippen LogP contribution in [0.5, 0.6) is 0 Å². The topological polar surface area (TPSA) is 73.2 Å². The molecule has 1 aromatic carbocycles. The van der Waals surface area contributed by atoms with Crippen LogP contribution in [0.1, 0.15) is 31.1 Å². The van der Waals surface area contributed by atoms with Crippen LogP contribution >= 0.6 is 0 Å². The molecule has 0 bridgehead atoms. The van der Waals surface area contributed by atoms with Gasteiger partial charge in [0.1, 0.15) is 0 Å². The van der Waals surface area contributed by atoms with Crippen molar-refractivity contribution in [2.24, 2.45) is 0 Å². The molecule has 25 heavy (non-hydrogen) atoms. The normalized spacial score (nSPS) is 16.6. The number of furan rings is 1. The maximum absolute atomic E-state index is 5.71. The quantitative estimate of drug-likeness (QED) is 0.712. The maximum Gasteiger partial charge on any atom is 0.247 e. The summed E-state index contributed by atoms with van der Waals surface area (Å²) in [5.74, 6) is 1.67. The SMILES string of the molecule is c1ccc(-n2nnnc2NC[C@@H](c2ccco2)[NH+]2CCCCC2)cc1. The van der Waals surface area contributed by atoms with E-state index in [9.17, 15) is 0 Å². The Morgan fingerprint density at radius 1 is 1.08 bits per heavy atom. The zero-order valence-electron chi connectivity index (χ0n) is 14.1. The number of nitrogens with zero attached hydrogens (tertiary/aromatic N) is 4. The van der Waals surface area contributed by atoms with Gasteiger partial charge in [-0.05, 0) is 54.0 Å². The van der Waals surface area contributed by atoms with Gasteiger partial charge in [0.2, 0.25) is 5.95 Å². The van der Waals surface area contributed by atoms with Crippen molar-refractivity contribution in [3.05, 3.63) is 54.5 Å². The van der Waals surface area contributed by atoms with Gasteiger partial charge in [0, 0.05) is 0 Å². The van der Waals surface area contributed by atoms with E-state index in [1.165, 1.54) is 32.4 Å². The van der Waals surface area contributed by atoms with Gasteiger partial charge in [-0.1, -0.05) is 23.3 Å². The second kappa shape index (κ2) is 7.48. The van der Waals surface area contributed by atoms with Gasteiger partial charge in [-0.15, -0.1) is 0 Å². The molecular formula is C18H23N6O+. The van der Waals surface area contributed by atoms with E-state index >= 15 is 0 Å². The van der Waals surface area contributed by atoms with Crippen LogP contribution in [0.25, 0.3) is 5.69 Å². The number of anilines is 1. The Morgan fingerprint density at radius 2 is 1.92 bits per heavy atom. The van der Waals surface area contributed by atoms with E-state index in [2.05, 4.69) is 26.9 Å². The van der Waals surface area contributed by atoms with Crippen LogP contribution in [-0.4, -0.2) is 39.8 Å². The predicted octanol–water partition coefficient (Wildman–Crippen LogP) is 1.48. The first-order chi connectivity index (χ1) is 12.4. The Morgan fingerprint density at radius 3 is 2.68 bits per heavy atom. The van der Waals surface area contributed by atoms with E-state index in [0.29, 0.717) is 5.95 Å². The second-order valence-electron chi connectivity index (χ2n) is 6.42. The average molecular weight is 339 g/mol. The number of benzene rings is 1. The average Bonchev–Trinajstić information content (AvgIpc) is 3.36. The van der Waals surface area contributed by atoms with Crippen LogP contribution in [0, 0.1) is 0 Å². The molecule has 1 aliphatic heterocycles. The molecule has 3 heterocycles. The number of piperidine rings is 1. The number of rotatable bonds is 6. The molecule has 130 valence electrons. The van der Waals surface area contributed by atoms with Crippen LogP contribution in [0.15, 0.2) is 53.1 Å². The van der Waals surface area contributed by atoms with E-state index in [1.807, 2.05) is 36.4 Å². The van der Waals surface area contributed by atoms with Gasteiger partial charge < -0.3 is 14.6 Å². The van der Waals surface area contributed by atoms with Crippen molar-refractivity contribution in [1.82, 2.24) is 20.2 Å². The van der Waals surface area contributed by atoms with E-state index in [1.54, 1.807) is 15.8 Å². The van der Waals surface area contributed by atoms with E-state index in [4.69, 9.17) is 4.42 Å². The Balaban J connectivity index is 1.51. The highest BCUT2D eigenvalue weighted by atomic mass is 16.3. The van der Waals surface area contributed by atoms with Crippen molar-refractivity contribution in [2.45, 2.75) is 25.3 Å². The van der Waals surface area contributed by atoms with Crippen molar-refractivity contribution in [2.75, 3.05) is 25.0 Å². The zero-order chi connectivity index (χ0) is 16.9. The van der Waals surface area contributed by atoms with Crippen LogP contribution in [0.4, 0.5) is 5.95 Å². The van der Waals surface area contributed by atoms with Gasteiger partial charge in [0.15, 0.2) is 11.8 Å². The molecule has 1 atom stereocenters. The number of tetrazole rings is 1. The summed E-state index contributed by atoms with van der Waals surface area (Å²) >= 11 is 0. The highest BCUT2D eigenvalue weighted by Gasteiger charge is 2.28. The fraction of sp³-hybridized carbons (Fsp3) is 0.389. The summed E-state index contributed by atoms with van der Waals surface area (Å²) in [6.45, 7) is 3.09. The lowest BCUT2D eigenvalue weighted by molar-refractivity contribution is -0.935. The highest BCUT2D eigenvalue weighted by molar-refractivity contribution is 5.38. The molecule has 0 radical (unpaired) electrons. The maximum atomic E-state index is 5.71. The largest absolute Gasteiger partial charge is 0.463 e. The third kappa shape index (κ3) is 3.56. The highest BCUT2D eigenvalue weighted by Crippen LogP contribution is 2.15. The van der Waals surface area contributed by atoms with Gasteiger partial charge in [-0.3, -0.25) is 0 Å². The predicted molar refractivity (Wildman–Crippen MR) is 93.6 cm³/mol. The minimum absolute atomic E-state index is 0.260. The van der Waals surface area contributed by atoms with Crippen molar-refractivity contribution in [1.29, 1.82) is 0 Å². The van der Waals surface area contributed by atoms with Crippen molar-refractivity contribution < 1.29 is 9.32 Å². The third-order valence-electron chi connectivity index (χ3n) is 4.81. The summed E-state index contributed by atoms with van der Waals surface area (Å²) in [6.07, 6.45) is 5.62. The van der Waals surface area contributed by atoms with Crippen LogP contribution in [-0.2, 0) is 0 Å². The standard InChI is InChI=1S/C18H22N6O/c1-3-8-15(9-4-1)24-18(20-21-22-24)19-14-16(17-10-7-13-25-17)23-11-5-2-6-12-23/h1,3-4,7-10,13,16H,2,5-6,11-12,14H2,(H,19,20,22)/p+1/t16-/m0/s1. The Hall–Kier alpha value is -2.67. The first-order valence-electron chi connectivity index (χ1n) is 8.87. The zero-order valence-corrected chi connectivity index (χ0v) is 14.1. The summed E-state index contributed by atoms with van der Waals surface area (Å²) in [4.78, 5) is 1.56. The smallest absolute Gasteiger partial charge is 0.247 e. The molecule has 2 N–H and O–H groups in total.